The summed E-state index contributed by atoms with van der Waals surface area (Å²) in [6.45, 7) is 4.39. The number of para-hydroxylation sites is 1. The minimum Gasteiger partial charge on any atom is -0.332 e. The molecule has 0 aliphatic rings. The monoisotopic (exact) mass is 360 g/mol. The molecule has 0 spiro atoms. The molecule has 3 aromatic rings. The van der Waals surface area contributed by atoms with Crippen LogP contribution in [0.25, 0.3) is 0 Å². The maximum Gasteiger partial charge on any atom is 0.175 e. The number of thiocarbonyl (C=S) groups is 1. The van der Waals surface area contributed by atoms with E-state index in [4.69, 9.17) is 12.2 Å². The molecule has 0 saturated carbocycles. The van der Waals surface area contributed by atoms with Gasteiger partial charge in [-0.2, -0.15) is 0 Å². The van der Waals surface area contributed by atoms with Crippen LogP contribution >= 0.6 is 12.2 Å². The van der Waals surface area contributed by atoms with Crippen molar-refractivity contribution in [1.29, 1.82) is 0 Å². The highest BCUT2D eigenvalue weighted by molar-refractivity contribution is 7.80. The zero-order valence-corrected chi connectivity index (χ0v) is 16.0. The van der Waals surface area contributed by atoms with Crippen molar-refractivity contribution in [2.45, 2.75) is 26.2 Å². The molecule has 0 saturated heterocycles. The van der Waals surface area contributed by atoms with Crippen molar-refractivity contribution in [1.82, 2.24) is 0 Å². The highest BCUT2D eigenvalue weighted by Gasteiger charge is 2.06. The Bertz CT molecular complexity index is 855. The van der Waals surface area contributed by atoms with Crippen LogP contribution in [0.15, 0.2) is 78.9 Å². The Labute approximate surface area is 161 Å². The van der Waals surface area contributed by atoms with Crippen molar-refractivity contribution >= 4 is 28.7 Å². The van der Waals surface area contributed by atoms with Crippen LogP contribution in [0.2, 0.25) is 0 Å². The van der Waals surface area contributed by atoms with E-state index < -0.39 is 0 Å². The molecule has 0 fully saturated rings. The zero-order valence-electron chi connectivity index (χ0n) is 15.2. The minimum absolute atomic E-state index is 0.527. The van der Waals surface area contributed by atoms with E-state index in [1.165, 1.54) is 16.7 Å². The minimum atomic E-state index is 0.527. The van der Waals surface area contributed by atoms with Crippen molar-refractivity contribution in [3.8, 4) is 0 Å². The number of benzene rings is 3. The van der Waals surface area contributed by atoms with Gasteiger partial charge >= 0.3 is 0 Å². The lowest BCUT2D eigenvalue weighted by Crippen LogP contribution is -2.20. The zero-order chi connectivity index (χ0) is 18.4. The van der Waals surface area contributed by atoms with Crippen LogP contribution < -0.4 is 10.6 Å². The lowest BCUT2D eigenvalue weighted by atomic mass is 10.0. The third-order valence-corrected chi connectivity index (χ3v) is 4.54. The summed E-state index contributed by atoms with van der Waals surface area (Å²) in [5.74, 6) is 0.527. The van der Waals surface area contributed by atoms with Crippen molar-refractivity contribution in [3.05, 3.63) is 95.6 Å². The van der Waals surface area contributed by atoms with Gasteiger partial charge < -0.3 is 10.6 Å². The first kappa shape index (κ1) is 18.2. The molecule has 2 N–H and O–H groups in total. The lowest BCUT2D eigenvalue weighted by Gasteiger charge is -2.15. The van der Waals surface area contributed by atoms with Gasteiger partial charge in [0.2, 0.25) is 0 Å². The van der Waals surface area contributed by atoms with Gasteiger partial charge in [-0.15, -0.1) is 0 Å². The Morgan fingerprint density at radius 1 is 0.808 bits per heavy atom. The highest BCUT2D eigenvalue weighted by Crippen LogP contribution is 2.20. The quantitative estimate of drug-likeness (QED) is 0.529. The van der Waals surface area contributed by atoms with Crippen molar-refractivity contribution < 1.29 is 0 Å². The largest absolute Gasteiger partial charge is 0.332 e. The fourth-order valence-corrected chi connectivity index (χ4v) is 3.08. The van der Waals surface area contributed by atoms with E-state index in [-0.39, 0.29) is 0 Å². The van der Waals surface area contributed by atoms with Crippen molar-refractivity contribution in [2.75, 3.05) is 10.6 Å². The van der Waals surface area contributed by atoms with E-state index in [1.807, 2.05) is 12.1 Å². The molecule has 132 valence electrons. The summed E-state index contributed by atoms with van der Waals surface area (Å²) in [6, 6.07) is 27.2. The third-order valence-electron chi connectivity index (χ3n) is 4.34. The molecule has 26 heavy (non-hydrogen) atoms. The fourth-order valence-electron chi connectivity index (χ4n) is 2.85. The average molecular weight is 361 g/mol. The Hall–Kier alpha value is -2.65. The Morgan fingerprint density at radius 2 is 1.46 bits per heavy atom. The number of hydrogen-bond acceptors (Lipinski definition) is 1. The second kappa shape index (κ2) is 8.63. The molecular weight excluding hydrogens is 336 g/mol. The van der Waals surface area contributed by atoms with Crippen LogP contribution in [-0.4, -0.2) is 5.11 Å². The van der Waals surface area contributed by atoms with Gasteiger partial charge in [0.1, 0.15) is 0 Å². The Kier molecular flexibility index (Phi) is 6.03. The first-order valence-electron chi connectivity index (χ1n) is 8.91. The maximum absolute atomic E-state index is 5.50. The van der Waals surface area contributed by atoms with Crippen LogP contribution in [0.4, 0.5) is 11.4 Å². The summed E-state index contributed by atoms with van der Waals surface area (Å²) in [7, 11) is 0. The molecule has 0 unspecified atom stereocenters. The average Bonchev–Trinajstić information content (AvgIpc) is 2.64. The van der Waals surface area contributed by atoms with Crippen LogP contribution in [0.5, 0.6) is 0 Å². The first-order chi connectivity index (χ1) is 12.6. The molecule has 3 aromatic carbocycles. The number of rotatable bonds is 5. The van der Waals surface area contributed by atoms with Crippen LogP contribution in [0.1, 0.15) is 36.5 Å². The van der Waals surface area contributed by atoms with E-state index in [2.05, 4.69) is 91.2 Å². The molecule has 3 heteroatoms. The molecule has 0 amide bonds. The Balaban J connectivity index is 1.67. The predicted octanol–water partition coefficient (Wildman–Crippen LogP) is 6.21. The summed E-state index contributed by atoms with van der Waals surface area (Å²) in [6.07, 6.45) is 0.871. The van der Waals surface area contributed by atoms with E-state index in [1.54, 1.807) is 0 Å². The van der Waals surface area contributed by atoms with Crippen LogP contribution in [0, 0.1) is 0 Å². The second-order valence-corrected chi connectivity index (χ2v) is 7.08. The first-order valence-corrected chi connectivity index (χ1v) is 9.32. The van der Waals surface area contributed by atoms with Gasteiger partial charge in [0, 0.05) is 11.4 Å². The smallest absolute Gasteiger partial charge is 0.175 e. The molecule has 0 bridgehead atoms. The molecule has 0 heterocycles. The van der Waals surface area contributed by atoms with Gasteiger partial charge in [-0.1, -0.05) is 74.5 Å². The standard InChI is InChI=1S/C23H24N2S/c1-17(2)19-12-14-21(15-13-19)24-23(26)25-22-11-7-6-10-20(22)16-18-8-4-3-5-9-18/h3-15,17H,16H2,1-2H3,(H2,24,25,26). The highest BCUT2D eigenvalue weighted by atomic mass is 32.1. The molecule has 0 aliphatic heterocycles. The van der Waals surface area contributed by atoms with Crippen molar-refractivity contribution in [3.63, 3.8) is 0 Å². The normalized spacial score (nSPS) is 10.6. The van der Waals surface area contributed by atoms with Gasteiger partial charge in [-0.25, -0.2) is 0 Å². The molecule has 0 atom stereocenters. The summed E-state index contributed by atoms with van der Waals surface area (Å²) >= 11 is 5.50. The van der Waals surface area contributed by atoms with Crippen LogP contribution in [-0.2, 0) is 6.42 Å². The van der Waals surface area contributed by atoms with E-state index in [9.17, 15) is 0 Å². The fraction of sp³-hybridized carbons (Fsp3) is 0.174. The van der Waals surface area contributed by atoms with E-state index in [0.717, 1.165) is 17.8 Å². The second-order valence-electron chi connectivity index (χ2n) is 6.68. The SMILES string of the molecule is CC(C)c1ccc(NC(=S)Nc2ccccc2Cc2ccccc2)cc1. The van der Waals surface area contributed by atoms with E-state index >= 15 is 0 Å². The van der Waals surface area contributed by atoms with Gasteiger partial charge in [-0.05, 0) is 59.4 Å². The summed E-state index contributed by atoms with van der Waals surface area (Å²) < 4.78 is 0. The van der Waals surface area contributed by atoms with E-state index in [0.29, 0.717) is 11.0 Å². The summed E-state index contributed by atoms with van der Waals surface area (Å²) in [5, 5.41) is 7.20. The van der Waals surface area contributed by atoms with Gasteiger partial charge in [0.25, 0.3) is 0 Å². The van der Waals surface area contributed by atoms with Gasteiger partial charge in [-0.3, -0.25) is 0 Å². The predicted molar refractivity (Wildman–Crippen MR) is 116 cm³/mol. The lowest BCUT2D eigenvalue weighted by molar-refractivity contribution is 0.867. The van der Waals surface area contributed by atoms with Crippen LogP contribution in [0.3, 0.4) is 0 Å². The summed E-state index contributed by atoms with van der Waals surface area (Å²) in [5.41, 5.74) is 5.85. The topological polar surface area (TPSA) is 24.1 Å². The maximum atomic E-state index is 5.50. The summed E-state index contributed by atoms with van der Waals surface area (Å²) in [4.78, 5) is 0. The number of anilines is 2. The number of nitrogens with one attached hydrogen (secondary N) is 2. The molecule has 3 rings (SSSR count). The van der Waals surface area contributed by atoms with Gasteiger partial charge in [0.05, 0.1) is 0 Å². The molecule has 2 nitrogen and oxygen atoms in total. The number of hydrogen-bond donors (Lipinski definition) is 2. The third kappa shape index (κ3) is 4.93. The molecule has 0 aromatic heterocycles. The molecular formula is C23H24N2S. The van der Waals surface area contributed by atoms with Crippen molar-refractivity contribution in [2.24, 2.45) is 0 Å². The molecule has 0 aliphatic carbocycles. The Morgan fingerprint density at radius 3 is 2.15 bits per heavy atom. The van der Waals surface area contributed by atoms with Gasteiger partial charge in [0.15, 0.2) is 5.11 Å². The molecule has 0 radical (unpaired) electrons.